The molecule has 0 fully saturated rings. The molecule has 0 atom stereocenters. The van der Waals surface area contributed by atoms with Gasteiger partial charge >= 0.3 is 5.97 Å². The number of hydrogen-bond acceptors (Lipinski definition) is 4. The Morgan fingerprint density at radius 1 is 1.38 bits per heavy atom. The van der Waals surface area contributed by atoms with E-state index in [0.29, 0.717) is 15.6 Å². The molecule has 7 heteroatoms. The molecule has 0 aliphatic rings. The lowest BCUT2D eigenvalue weighted by Gasteiger charge is -1.97. The first-order valence-electron chi connectivity index (χ1n) is 4.10. The third-order valence-electron chi connectivity index (χ3n) is 1.78. The minimum Gasteiger partial charge on any atom is -0.475 e. The van der Waals surface area contributed by atoms with Gasteiger partial charge in [-0.1, -0.05) is 23.2 Å². The predicted octanol–water partition coefficient (Wildman–Crippen LogP) is 2.74. The van der Waals surface area contributed by atoms with E-state index in [-0.39, 0.29) is 5.89 Å². The molecule has 2 aromatic rings. The van der Waals surface area contributed by atoms with Crippen LogP contribution in [0.1, 0.15) is 10.6 Å². The number of aromatic nitrogens is 2. The summed E-state index contributed by atoms with van der Waals surface area (Å²) in [6.07, 6.45) is 0. The summed E-state index contributed by atoms with van der Waals surface area (Å²) in [5.74, 6) is -1.64. The van der Waals surface area contributed by atoms with Crippen LogP contribution in [0.25, 0.3) is 11.5 Å². The third kappa shape index (κ3) is 2.00. The van der Waals surface area contributed by atoms with Crippen LogP contribution in [0.5, 0.6) is 0 Å². The zero-order chi connectivity index (χ0) is 11.7. The van der Waals surface area contributed by atoms with Crippen molar-refractivity contribution in [2.75, 3.05) is 0 Å². The average molecular weight is 259 g/mol. The van der Waals surface area contributed by atoms with E-state index in [1.807, 2.05) is 0 Å². The first-order valence-corrected chi connectivity index (χ1v) is 4.86. The first-order chi connectivity index (χ1) is 7.58. The van der Waals surface area contributed by atoms with E-state index in [2.05, 4.69) is 10.1 Å². The van der Waals surface area contributed by atoms with Crippen LogP contribution in [0.15, 0.2) is 22.7 Å². The van der Waals surface area contributed by atoms with Gasteiger partial charge in [-0.15, -0.1) is 0 Å². The molecule has 82 valence electrons. The fraction of sp³-hybridized carbons (Fsp3) is 0. The van der Waals surface area contributed by atoms with Crippen molar-refractivity contribution in [2.24, 2.45) is 0 Å². The lowest BCUT2D eigenvalue weighted by Crippen LogP contribution is -1.98. The smallest absolute Gasteiger partial charge is 0.377 e. The largest absolute Gasteiger partial charge is 0.475 e. The molecule has 0 aliphatic heterocycles. The molecule has 0 saturated heterocycles. The Labute approximate surface area is 99.6 Å². The maximum atomic E-state index is 10.5. The van der Waals surface area contributed by atoms with E-state index >= 15 is 0 Å². The molecule has 16 heavy (non-hydrogen) atoms. The molecular weight excluding hydrogens is 255 g/mol. The molecule has 0 saturated carbocycles. The predicted molar refractivity (Wildman–Crippen MR) is 56.7 cm³/mol. The van der Waals surface area contributed by atoms with Gasteiger partial charge in [-0.2, -0.15) is 4.98 Å². The minimum absolute atomic E-state index is 0.0408. The van der Waals surface area contributed by atoms with Gasteiger partial charge in [-0.25, -0.2) is 4.79 Å². The summed E-state index contributed by atoms with van der Waals surface area (Å²) in [7, 11) is 0. The van der Waals surface area contributed by atoms with E-state index in [4.69, 9.17) is 32.8 Å². The molecule has 0 amide bonds. The number of hydrogen-bond donors (Lipinski definition) is 1. The van der Waals surface area contributed by atoms with Crippen molar-refractivity contribution in [3.8, 4) is 11.5 Å². The van der Waals surface area contributed by atoms with Gasteiger partial charge in [-0.05, 0) is 23.4 Å². The standard InChI is InChI=1S/C9H4Cl2N2O3/c10-4-1-2-5(6(11)3-4)8-12-7(9(14)15)13-16-8/h1-3H,(H,14,15). The molecule has 0 bridgehead atoms. The highest BCUT2D eigenvalue weighted by atomic mass is 35.5. The van der Waals surface area contributed by atoms with Crippen molar-refractivity contribution in [3.05, 3.63) is 34.1 Å². The van der Waals surface area contributed by atoms with Crippen molar-refractivity contribution < 1.29 is 14.4 Å². The lowest BCUT2D eigenvalue weighted by molar-refractivity contribution is 0.0680. The van der Waals surface area contributed by atoms with Crippen LogP contribution in [-0.2, 0) is 0 Å². The molecule has 2 rings (SSSR count). The minimum atomic E-state index is -1.26. The molecule has 1 N–H and O–H groups in total. The Kier molecular flexibility index (Phi) is 2.80. The molecule has 5 nitrogen and oxygen atoms in total. The molecule has 1 aromatic carbocycles. The fourth-order valence-corrected chi connectivity index (χ4v) is 1.57. The Balaban J connectivity index is 2.46. The number of rotatable bonds is 2. The van der Waals surface area contributed by atoms with Crippen molar-refractivity contribution in [2.45, 2.75) is 0 Å². The zero-order valence-corrected chi connectivity index (χ0v) is 9.16. The molecule has 1 aromatic heterocycles. The average Bonchev–Trinajstić information content (AvgIpc) is 2.66. The second kappa shape index (κ2) is 4.11. The van der Waals surface area contributed by atoms with Crippen LogP contribution in [-0.4, -0.2) is 21.2 Å². The van der Waals surface area contributed by atoms with Crippen LogP contribution >= 0.6 is 23.2 Å². The van der Waals surface area contributed by atoms with Gasteiger partial charge in [0, 0.05) is 5.02 Å². The summed E-state index contributed by atoms with van der Waals surface area (Å²) in [6.45, 7) is 0. The molecule has 0 unspecified atom stereocenters. The van der Waals surface area contributed by atoms with Crippen LogP contribution in [0.4, 0.5) is 0 Å². The van der Waals surface area contributed by atoms with Gasteiger partial charge in [0.2, 0.25) is 0 Å². The van der Waals surface area contributed by atoms with Crippen molar-refractivity contribution in [1.82, 2.24) is 10.1 Å². The molecule has 0 aliphatic carbocycles. The van der Waals surface area contributed by atoms with E-state index in [1.54, 1.807) is 12.1 Å². The summed E-state index contributed by atoms with van der Waals surface area (Å²) in [6, 6.07) is 4.67. The highest BCUT2D eigenvalue weighted by molar-refractivity contribution is 6.36. The number of carbonyl (C=O) groups is 1. The Bertz CT molecular complexity index is 553. The lowest BCUT2D eigenvalue weighted by atomic mass is 10.2. The van der Waals surface area contributed by atoms with E-state index in [0.717, 1.165) is 0 Å². The Morgan fingerprint density at radius 3 is 2.69 bits per heavy atom. The molecule has 0 spiro atoms. The number of benzene rings is 1. The summed E-state index contributed by atoms with van der Waals surface area (Å²) in [5, 5.41) is 12.7. The summed E-state index contributed by atoms with van der Waals surface area (Å²) < 4.78 is 4.76. The highest BCUT2D eigenvalue weighted by Crippen LogP contribution is 2.28. The topological polar surface area (TPSA) is 76.2 Å². The van der Waals surface area contributed by atoms with Gasteiger partial charge < -0.3 is 9.63 Å². The van der Waals surface area contributed by atoms with Gasteiger partial charge in [0.15, 0.2) is 0 Å². The van der Waals surface area contributed by atoms with Crippen LogP contribution in [0.2, 0.25) is 10.0 Å². The highest BCUT2D eigenvalue weighted by Gasteiger charge is 2.16. The molecular formula is C9H4Cl2N2O3. The van der Waals surface area contributed by atoms with Crippen LogP contribution in [0.3, 0.4) is 0 Å². The van der Waals surface area contributed by atoms with Gasteiger partial charge in [0.1, 0.15) is 0 Å². The Hall–Kier alpha value is -1.59. The number of carboxylic acids is 1. The normalized spacial score (nSPS) is 10.4. The summed E-state index contributed by atoms with van der Waals surface area (Å²) in [4.78, 5) is 14.2. The second-order valence-electron chi connectivity index (χ2n) is 2.85. The SMILES string of the molecule is O=C(O)c1noc(-c2ccc(Cl)cc2Cl)n1. The number of carboxylic acid groups (broad SMARTS) is 1. The monoisotopic (exact) mass is 258 g/mol. The maximum Gasteiger partial charge on any atom is 0.377 e. The van der Waals surface area contributed by atoms with Crippen molar-refractivity contribution >= 4 is 29.2 Å². The summed E-state index contributed by atoms with van der Waals surface area (Å²) in [5.41, 5.74) is 0.436. The number of halogens is 2. The van der Waals surface area contributed by atoms with E-state index in [1.165, 1.54) is 6.07 Å². The maximum absolute atomic E-state index is 10.5. The number of aromatic carboxylic acids is 1. The number of nitrogens with zero attached hydrogens (tertiary/aromatic N) is 2. The zero-order valence-electron chi connectivity index (χ0n) is 7.65. The summed E-state index contributed by atoms with van der Waals surface area (Å²) >= 11 is 11.6. The third-order valence-corrected chi connectivity index (χ3v) is 2.33. The van der Waals surface area contributed by atoms with Crippen molar-refractivity contribution in [3.63, 3.8) is 0 Å². The Morgan fingerprint density at radius 2 is 2.12 bits per heavy atom. The van der Waals surface area contributed by atoms with Gasteiger partial charge in [0.25, 0.3) is 11.7 Å². The van der Waals surface area contributed by atoms with Crippen molar-refractivity contribution in [1.29, 1.82) is 0 Å². The van der Waals surface area contributed by atoms with Gasteiger partial charge in [0.05, 0.1) is 10.6 Å². The quantitative estimate of drug-likeness (QED) is 0.897. The van der Waals surface area contributed by atoms with E-state index in [9.17, 15) is 4.79 Å². The molecule has 1 heterocycles. The second-order valence-corrected chi connectivity index (χ2v) is 3.70. The first kappa shape index (κ1) is 10.9. The fourth-order valence-electron chi connectivity index (χ4n) is 1.08. The van der Waals surface area contributed by atoms with Gasteiger partial charge in [-0.3, -0.25) is 0 Å². The van der Waals surface area contributed by atoms with Crippen LogP contribution in [0, 0.1) is 0 Å². The van der Waals surface area contributed by atoms with E-state index < -0.39 is 11.8 Å². The molecule has 0 radical (unpaired) electrons. The van der Waals surface area contributed by atoms with Crippen LogP contribution < -0.4 is 0 Å².